The van der Waals surface area contributed by atoms with Crippen molar-refractivity contribution in [3.8, 4) is 0 Å². The van der Waals surface area contributed by atoms with Crippen LogP contribution in [0.5, 0.6) is 0 Å². The van der Waals surface area contributed by atoms with Crippen LogP contribution in [0.2, 0.25) is 0 Å². The Morgan fingerprint density at radius 2 is 2.20 bits per heavy atom. The van der Waals surface area contributed by atoms with Crippen molar-refractivity contribution >= 4 is 24.0 Å². The molecular formula is C8H18IN. The summed E-state index contributed by atoms with van der Waals surface area (Å²) in [7, 11) is 2.24. The molecule has 1 atom stereocenters. The zero-order valence-corrected chi connectivity index (χ0v) is 9.30. The Balaban J connectivity index is 0.000000810. The monoisotopic (exact) mass is 255 g/mol. The highest BCUT2D eigenvalue weighted by Crippen LogP contribution is 2.18. The van der Waals surface area contributed by atoms with E-state index < -0.39 is 0 Å². The van der Waals surface area contributed by atoms with Gasteiger partial charge in [0.15, 0.2) is 0 Å². The molecular weight excluding hydrogens is 237 g/mol. The Kier molecular flexibility index (Phi) is 5.72. The van der Waals surface area contributed by atoms with Gasteiger partial charge in [0, 0.05) is 6.04 Å². The van der Waals surface area contributed by atoms with Crippen molar-refractivity contribution in [2.45, 2.75) is 38.6 Å². The maximum Gasteiger partial charge on any atom is 0.00925 e. The highest BCUT2D eigenvalue weighted by atomic mass is 127. The van der Waals surface area contributed by atoms with E-state index in [1.807, 2.05) is 0 Å². The topological polar surface area (TPSA) is 3.24 Å². The molecule has 0 aromatic rings. The van der Waals surface area contributed by atoms with Gasteiger partial charge in [0.2, 0.25) is 0 Å². The Hall–Kier alpha value is 0.690. The van der Waals surface area contributed by atoms with Crippen LogP contribution < -0.4 is 0 Å². The molecule has 1 unspecified atom stereocenters. The summed E-state index contributed by atoms with van der Waals surface area (Å²) < 4.78 is 0. The van der Waals surface area contributed by atoms with Gasteiger partial charge in [-0.25, -0.2) is 0 Å². The van der Waals surface area contributed by atoms with Crippen molar-refractivity contribution < 1.29 is 0 Å². The summed E-state index contributed by atoms with van der Waals surface area (Å²) in [6.45, 7) is 3.59. The van der Waals surface area contributed by atoms with E-state index in [-0.39, 0.29) is 24.0 Å². The van der Waals surface area contributed by atoms with Gasteiger partial charge in [0.05, 0.1) is 0 Å². The quantitative estimate of drug-likeness (QED) is 0.685. The highest BCUT2D eigenvalue weighted by Gasteiger charge is 2.18. The third-order valence-corrected chi connectivity index (χ3v) is 2.29. The van der Waals surface area contributed by atoms with E-state index in [0.29, 0.717) is 0 Å². The second-order valence-electron chi connectivity index (χ2n) is 3.07. The molecule has 1 nitrogen and oxygen atoms in total. The number of hydrogen-bond donors (Lipinski definition) is 0. The molecule has 1 aliphatic heterocycles. The fourth-order valence-corrected chi connectivity index (χ4v) is 1.68. The average Bonchev–Trinajstić information content (AvgIpc) is 2.18. The van der Waals surface area contributed by atoms with Crippen LogP contribution in [0.4, 0.5) is 0 Å². The maximum atomic E-state index is 2.49. The first-order chi connectivity index (χ1) is 4.34. The molecule has 0 spiro atoms. The average molecular weight is 255 g/mol. The van der Waals surface area contributed by atoms with E-state index in [1.54, 1.807) is 0 Å². The standard InChI is InChI=1S/C8H17N.HI/c1-3-5-8-6-4-7-9(8)2;/h8H,3-7H2,1-2H3;1H. The molecule has 62 valence electrons. The fraction of sp³-hybridized carbons (Fsp3) is 1.00. The summed E-state index contributed by atoms with van der Waals surface area (Å²) in [6, 6.07) is 0.912. The minimum Gasteiger partial charge on any atom is -0.303 e. The fourth-order valence-electron chi connectivity index (χ4n) is 1.68. The molecule has 1 saturated heterocycles. The first kappa shape index (κ1) is 10.7. The van der Waals surface area contributed by atoms with Gasteiger partial charge in [-0.1, -0.05) is 13.3 Å². The molecule has 1 heterocycles. The summed E-state index contributed by atoms with van der Waals surface area (Å²) in [4.78, 5) is 2.49. The van der Waals surface area contributed by atoms with E-state index in [1.165, 1.54) is 32.2 Å². The third-order valence-electron chi connectivity index (χ3n) is 2.29. The summed E-state index contributed by atoms with van der Waals surface area (Å²) in [5.41, 5.74) is 0. The Morgan fingerprint density at radius 1 is 1.50 bits per heavy atom. The summed E-state index contributed by atoms with van der Waals surface area (Å²) in [5, 5.41) is 0. The number of halogens is 1. The maximum absolute atomic E-state index is 2.49. The normalized spacial score (nSPS) is 26.4. The molecule has 10 heavy (non-hydrogen) atoms. The van der Waals surface area contributed by atoms with E-state index in [0.717, 1.165) is 6.04 Å². The lowest BCUT2D eigenvalue weighted by atomic mass is 10.1. The van der Waals surface area contributed by atoms with Gasteiger partial charge in [0.25, 0.3) is 0 Å². The SMILES string of the molecule is CCCC1CCCN1C.I. The molecule has 1 aliphatic rings. The van der Waals surface area contributed by atoms with E-state index in [2.05, 4.69) is 18.9 Å². The van der Waals surface area contributed by atoms with E-state index >= 15 is 0 Å². The van der Waals surface area contributed by atoms with Gasteiger partial charge < -0.3 is 4.90 Å². The first-order valence-electron chi connectivity index (χ1n) is 4.05. The van der Waals surface area contributed by atoms with Crippen LogP contribution in [0.25, 0.3) is 0 Å². The molecule has 1 rings (SSSR count). The van der Waals surface area contributed by atoms with E-state index in [4.69, 9.17) is 0 Å². The summed E-state index contributed by atoms with van der Waals surface area (Å²) in [5.74, 6) is 0. The van der Waals surface area contributed by atoms with Crippen LogP contribution in [0.15, 0.2) is 0 Å². The number of rotatable bonds is 2. The molecule has 0 N–H and O–H groups in total. The number of likely N-dealkylation sites (tertiary alicyclic amines) is 1. The predicted octanol–water partition coefficient (Wildman–Crippen LogP) is 2.50. The van der Waals surface area contributed by atoms with Crippen LogP contribution in [0.1, 0.15) is 32.6 Å². The van der Waals surface area contributed by atoms with Gasteiger partial charge in [-0.05, 0) is 32.9 Å². The molecule has 0 aromatic carbocycles. The minimum atomic E-state index is 0. The lowest BCUT2D eigenvalue weighted by Gasteiger charge is -2.17. The van der Waals surface area contributed by atoms with Gasteiger partial charge in [-0.2, -0.15) is 0 Å². The zero-order valence-electron chi connectivity index (χ0n) is 6.97. The van der Waals surface area contributed by atoms with Crippen molar-refractivity contribution in [3.63, 3.8) is 0 Å². The molecule has 0 bridgehead atoms. The Morgan fingerprint density at radius 3 is 2.60 bits per heavy atom. The lowest BCUT2D eigenvalue weighted by Crippen LogP contribution is -2.24. The second kappa shape index (κ2) is 5.35. The molecule has 0 aromatic heterocycles. The first-order valence-corrected chi connectivity index (χ1v) is 4.05. The van der Waals surface area contributed by atoms with Crippen LogP contribution >= 0.6 is 24.0 Å². The second-order valence-corrected chi connectivity index (χ2v) is 3.07. The summed E-state index contributed by atoms with van der Waals surface area (Å²) >= 11 is 0. The van der Waals surface area contributed by atoms with Crippen LogP contribution in [-0.2, 0) is 0 Å². The predicted molar refractivity (Wildman–Crippen MR) is 56.0 cm³/mol. The molecule has 0 radical (unpaired) electrons. The van der Waals surface area contributed by atoms with Crippen molar-refractivity contribution in [3.05, 3.63) is 0 Å². The van der Waals surface area contributed by atoms with Gasteiger partial charge in [0.1, 0.15) is 0 Å². The Labute approximate surface area is 81.2 Å². The summed E-state index contributed by atoms with van der Waals surface area (Å²) in [6.07, 6.45) is 5.59. The van der Waals surface area contributed by atoms with Crippen LogP contribution in [0.3, 0.4) is 0 Å². The largest absolute Gasteiger partial charge is 0.303 e. The lowest BCUT2D eigenvalue weighted by molar-refractivity contribution is 0.295. The Bertz CT molecular complexity index is 85.3. The molecule has 1 fully saturated rings. The molecule has 0 amide bonds. The number of hydrogen-bond acceptors (Lipinski definition) is 1. The van der Waals surface area contributed by atoms with Crippen molar-refractivity contribution in [2.24, 2.45) is 0 Å². The molecule has 2 heteroatoms. The molecule has 0 saturated carbocycles. The van der Waals surface area contributed by atoms with Gasteiger partial charge >= 0.3 is 0 Å². The van der Waals surface area contributed by atoms with Gasteiger partial charge in [-0.3, -0.25) is 0 Å². The van der Waals surface area contributed by atoms with E-state index in [9.17, 15) is 0 Å². The minimum absolute atomic E-state index is 0. The smallest absolute Gasteiger partial charge is 0.00925 e. The third kappa shape index (κ3) is 2.74. The highest BCUT2D eigenvalue weighted by molar-refractivity contribution is 14.0. The van der Waals surface area contributed by atoms with Crippen molar-refractivity contribution in [1.29, 1.82) is 0 Å². The number of nitrogens with zero attached hydrogens (tertiary/aromatic N) is 1. The zero-order chi connectivity index (χ0) is 6.69. The van der Waals surface area contributed by atoms with Crippen LogP contribution in [0, 0.1) is 0 Å². The van der Waals surface area contributed by atoms with Crippen molar-refractivity contribution in [2.75, 3.05) is 13.6 Å². The molecule has 0 aliphatic carbocycles. The van der Waals surface area contributed by atoms with Gasteiger partial charge in [-0.15, -0.1) is 24.0 Å². The van der Waals surface area contributed by atoms with Crippen LogP contribution in [-0.4, -0.2) is 24.5 Å². The van der Waals surface area contributed by atoms with Crippen molar-refractivity contribution in [1.82, 2.24) is 4.90 Å².